The van der Waals surface area contributed by atoms with Crippen LogP contribution in [0, 0.1) is 5.41 Å². The van der Waals surface area contributed by atoms with E-state index in [1.165, 1.54) is 0 Å². The quantitative estimate of drug-likeness (QED) is 0.738. The van der Waals surface area contributed by atoms with Crippen molar-refractivity contribution in [1.82, 2.24) is 0 Å². The molecule has 0 aliphatic heterocycles. The lowest BCUT2D eigenvalue weighted by molar-refractivity contribution is -0.125. The Labute approximate surface area is 104 Å². The van der Waals surface area contributed by atoms with E-state index in [1.807, 2.05) is 39.0 Å². The first-order chi connectivity index (χ1) is 6.82. The lowest BCUT2D eigenvalue weighted by atomic mass is 9.87. The average Bonchev–Trinajstić information content (AvgIpc) is 2.14. The van der Waals surface area contributed by atoms with Crippen LogP contribution in [0.2, 0.25) is 5.02 Å². The Morgan fingerprint density at radius 3 is 2.47 bits per heavy atom. The van der Waals surface area contributed by atoms with Crippen molar-refractivity contribution >= 4 is 33.3 Å². The molecule has 3 heteroatoms. The summed E-state index contributed by atoms with van der Waals surface area (Å²) in [7, 11) is 0. The summed E-state index contributed by atoms with van der Waals surface area (Å²) in [4.78, 5) is 11.7. The van der Waals surface area contributed by atoms with Gasteiger partial charge in [0.1, 0.15) is 0 Å². The zero-order chi connectivity index (χ0) is 11.6. The van der Waals surface area contributed by atoms with Gasteiger partial charge in [-0.2, -0.15) is 0 Å². The molecule has 0 aliphatic carbocycles. The molecule has 0 heterocycles. The van der Waals surface area contributed by atoms with Crippen LogP contribution in [-0.4, -0.2) is 5.78 Å². The topological polar surface area (TPSA) is 17.1 Å². The molecule has 0 N–H and O–H groups in total. The fourth-order valence-corrected chi connectivity index (χ4v) is 2.37. The van der Waals surface area contributed by atoms with E-state index in [9.17, 15) is 4.79 Å². The monoisotopic (exact) mass is 288 g/mol. The molecule has 1 atom stereocenters. The van der Waals surface area contributed by atoms with E-state index in [0.29, 0.717) is 5.02 Å². The van der Waals surface area contributed by atoms with E-state index in [4.69, 9.17) is 11.6 Å². The summed E-state index contributed by atoms with van der Waals surface area (Å²) in [5.74, 6) is 0.157. The lowest BCUT2D eigenvalue weighted by Gasteiger charge is -2.20. The first-order valence-corrected chi connectivity index (χ1v) is 6.05. The molecule has 0 radical (unpaired) electrons. The highest BCUT2D eigenvalue weighted by Crippen LogP contribution is 2.32. The van der Waals surface area contributed by atoms with Gasteiger partial charge in [0.2, 0.25) is 0 Å². The summed E-state index contributed by atoms with van der Waals surface area (Å²) in [6.07, 6.45) is 0. The zero-order valence-corrected chi connectivity index (χ0v) is 11.4. The fraction of sp³-hybridized carbons (Fsp3) is 0.417. The third kappa shape index (κ3) is 3.32. The van der Waals surface area contributed by atoms with Crippen molar-refractivity contribution in [1.29, 1.82) is 0 Å². The molecule has 1 nitrogen and oxygen atoms in total. The third-order valence-electron chi connectivity index (χ3n) is 2.11. The van der Waals surface area contributed by atoms with Gasteiger partial charge < -0.3 is 0 Å². The molecule has 1 aromatic carbocycles. The standard InChI is InChI=1S/C12H14BrClO/c1-12(2,3)11(15)10(13)8-5-4-6-9(14)7-8/h4-7,10H,1-3H3. The number of ketones is 1. The molecule has 0 amide bonds. The highest BCUT2D eigenvalue weighted by Gasteiger charge is 2.28. The maximum Gasteiger partial charge on any atom is 0.156 e. The van der Waals surface area contributed by atoms with Crippen molar-refractivity contribution in [3.05, 3.63) is 34.9 Å². The number of benzene rings is 1. The largest absolute Gasteiger partial charge is 0.297 e. The van der Waals surface area contributed by atoms with Crippen molar-refractivity contribution in [3.63, 3.8) is 0 Å². The Morgan fingerprint density at radius 1 is 1.40 bits per heavy atom. The van der Waals surface area contributed by atoms with E-state index in [-0.39, 0.29) is 16.0 Å². The summed E-state index contributed by atoms with van der Waals surface area (Å²) < 4.78 is 0. The number of rotatable bonds is 2. The molecule has 0 aliphatic rings. The minimum Gasteiger partial charge on any atom is -0.297 e. The first kappa shape index (κ1) is 12.7. The molecule has 15 heavy (non-hydrogen) atoms. The molecule has 1 rings (SSSR count). The van der Waals surface area contributed by atoms with Gasteiger partial charge in [-0.15, -0.1) is 0 Å². The Balaban J connectivity index is 2.95. The maximum absolute atomic E-state index is 12.0. The molecule has 82 valence electrons. The van der Waals surface area contributed by atoms with Crippen LogP contribution in [-0.2, 0) is 4.79 Å². The highest BCUT2D eigenvalue weighted by molar-refractivity contribution is 9.09. The van der Waals surface area contributed by atoms with E-state index in [1.54, 1.807) is 6.07 Å². The second-order valence-electron chi connectivity index (χ2n) is 4.53. The van der Waals surface area contributed by atoms with Crippen LogP contribution in [0.3, 0.4) is 0 Å². The van der Waals surface area contributed by atoms with Crippen LogP contribution in [0.1, 0.15) is 31.2 Å². The molecular weight excluding hydrogens is 275 g/mol. The van der Waals surface area contributed by atoms with Crippen LogP contribution in [0.15, 0.2) is 24.3 Å². The minimum atomic E-state index is -0.351. The summed E-state index contributed by atoms with van der Waals surface area (Å²) >= 11 is 9.29. The van der Waals surface area contributed by atoms with Crippen LogP contribution < -0.4 is 0 Å². The molecule has 1 unspecified atom stereocenters. The van der Waals surface area contributed by atoms with Gasteiger partial charge in [-0.1, -0.05) is 60.4 Å². The van der Waals surface area contributed by atoms with Gasteiger partial charge in [0.15, 0.2) is 5.78 Å². The van der Waals surface area contributed by atoms with Gasteiger partial charge in [0.25, 0.3) is 0 Å². The Bertz CT molecular complexity index is 368. The molecule has 1 aromatic rings. The second-order valence-corrected chi connectivity index (χ2v) is 5.88. The van der Waals surface area contributed by atoms with Crippen molar-refractivity contribution in [2.45, 2.75) is 25.6 Å². The average molecular weight is 290 g/mol. The number of alkyl halides is 1. The zero-order valence-electron chi connectivity index (χ0n) is 9.05. The van der Waals surface area contributed by atoms with Crippen molar-refractivity contribution in [2.24, 2.45) is 5.41 Å². The lowest BCUT2D eigenvalue weighted by Crippen LogP contribution is -2.23. The Morgan fingerprint density at radius 2 is 2.00 bits per heavy atom. The summed E-state index contributed by atoms with van der Waals surface area (Å²) in [6.45, 7) is 5.73. The van der Waals surface area contributed by atoms with Gasteiger partial charge in [-0.25, -0.2) is 0 Å². The van der Waals surface area contributed by atoms with E-state index >= 15 is 0 Å². The molecule has 0 saturated carbocycles. The normalized spacial score (nSPS) is 13.7. The molecule has 0 fully saturated rings. The van der Waals surface area contributed by atoms with E-state index in [2.05, 4.69) is 15.9 Å². The number of carbonyl (C=O) groups excluding carboxylic acids is 1. The fourth-order valence-electron chi connectivity index (χ4n) is 1.20. The van der Waals surface area contributed by atoms with E-state index in [0.717, 1.165) is 5.56 Å². The first-order valence-electron chi connectivity index (χ1n) is 4.76. The van der Waals surface area contributed by atoms with Crippen molar-refractivity contribution in [3.8, 4) is 0 Å². The van der Waals surface area contributed by atoms with E-state index < -0.39 is 0 Å². The Hall–Kier alpha value is -0.340. The molecular formula is C12H14BrClO. The van der Waals surface area contributed by atoms with Crippen LogP contribution in [0.5, 0.6) is 0 Å². The number of hydrogen-bond donors (Lipinski definition) is 0. The van der Waals surface area contributed by atoms with Crippen LogP contribution in [0.25, 0.3) is 0 Å². The van der Waals surface area contributed by atoms with Gasteiger partial charge in [-0.05, 0) is 17.7 Å². The molecule has 0 saturated heterocycles. The number of hydrogen-bond acceptors (Lipinski definition) is 1. The number of Topliss-reactive ketones (excluding diaryl/α,β-unsaturated/α-hetero) is 1. The van der Waals surface area contributed by atoms with Gasteiger partial charge in [-0.3, -0.25) is 4.79 Å². The van der Waals surface area contributed by atoms with Crippen LogP contribution >= 0.6 is 27.5 Å². The van der Waals surface area contributed by atoms with Gasteiger partial charge in [0, 0.05) is 10.4 Å². The smallest absolute Gasteiger partial charge is 0.156 e. The van der Waals surface area contributed by atoms with Gasteiger partial charge in [0.05, 0.1) is 4.83 Å². The Kier molecular flexibility index (Phi) is 3.96. The SMILES string of the molecule is CC(C)(C)C(=O)C(Br)c1cccc(Cl)c1. The summed E-state index contributed by atoms with van der Waals surface area (Å²) in [6, 6.07) is 7.35. The van der Waals surface area contributed by atoms with Gasteiger partial charge >= 0.3 is 0 Å². The van der Waals surface area contributed by atoms with Crippen LogP contribution in [0.4, 0.5) is 0 Å². The third-order valence-corrected chi connectivity index (χ3v) is 3.29. The minimum absolute atomic E-state index is 0.157. The molecule has 0 spiro atoms. The number of carbonyl (C=O) groups is 1. The predicted octanol–water partition coefficient (Wildman–Crippen LogP) is 4.39. The van der Waals surface area contributed by atoms with Crippen molar-refractivity contribution in [2.75, 3.05) is 0 Å². The summed E-state index contributed by atoms with van der Waals surface area (Å²) in [5.41, 5.74) is 0.554. The summed E-state index contributed by atoms with van der Waals surface area (Å²) in [5, 5.41) is 0.652. The predicted molar refractivity (Wildman–Crippen MR) is 67.6 cm³/mol. The highest BCUT2D eigenvalue weighted by atomic mass is 79.9. The second kappa shape index (κ2) is 4.67. The maximum atomic E-state index is 12.0. The molecule has 0 bridgehead atoms. The number of halogens is 2. The molecule has 0 aromatic heterocycles. The van der Waals surface area contributed by atoms with Crippen molar-refractivity contribution < 1.29 is 4.79 Å².